The molecule has 35 heavy (non-hydrogen) atoms. The predicted molar refractivity (Wildman–Crippen MR) is 135 cm³/mol. The molecule has 0 saturated heterocycles. The zero-order valence-corrected chi connectivity index (χ0v) is 21.8. The Morgan fingerprint density at radius 1 is 1.09 bits per heavy atom. The minimum Gasteiger partial charge on any atom is -0.352 e. The van der Waals surface area contributed by atoms with E-state index in [1.54, 1.807) is 6.92 Å². The van der Waals surface area contributed by atoms with Crippen LogP contribution in [-0.2, 0) is 26.2 Å². The number of hydrogen-bond acceptors (Lipinski definition) is 4. The van der Waals surface area contributed by atoms with Crippen molar-refractivity contribution >= 4 is 50.7 Å². The molecule has 190 valence electrons. The number of halogens is 3. The van der Waals surface area contributed by atoms with Crippen molar-refractivity contribution in [1.29, 1.82) is 0 Å². The Bertz CT molecular complexity index is 1150. The van der Waals surface area contributed by atoms with Crippen molar-refractivity contribution in [3.05, 3.63) is 63.9 Å². The van der Waals surface area contributed by atoms with Gasteiger partial charge in [0.25, 0.3) is 0 Å². The standard InChI is InChI=1S/C24H28Cl2FN3O4S/c1-16(24(32)28-21-5-3-4-6-21)29(14-17-7-9-20(27)10-8-17)23(31)15-30(35(2,33)34)22-12-18(25)11-19(26)13-22/h7-13,16,21H,3-6,14-15H2,1-2H3,(H,28,32)/t16-/m0/s1. The molecule has 2 amide bonds. The summed E-state index contributed by atoms with van der Waals surface area (Å²) in [5.74, 6) is -1.37. The molecule has 1 atom stereocenters. The number of hydrogen-bond donors (Lipinski definition) is 1. The molecule has 1 saturated carbocycles. The summed E-state index contributed by atoms with van der Waals surface area (Å²) in [6, 6.07) is 8.95. The summed E-state index contributed by atoms with van der Waals surface area (Å²) in [6.07, 6.45) is 4.78. The summed E-state index contributed by atoms with van der Waals surface area (Å²) in [4.78, 5) is 27.8. The molecule has 0 spiro atoms. The average Bonchev–Trinajstić information content (AvgIpc) is 3.28. The van der Waals surface area contributed by atoms with Crippen LogP contribution < -0.4 is 9.62 Å². The van der Waals surface area contributed by atoms with Gasteiger partial charge in [-0.05, 0) is 55.7 Å². The molecule has 3 rings (SSSR count). The lowest BCUT2D eigenvalue weighted by atomic mass is 10.1. The average molecular weight is 544 g/mol. The molecule has 1 aliphatic rings. The molecular weight excluding hydrogens is 516 g/mol. The van der Waals surface area contributed by atoms with E-state index in [4.69, 9.17) is 23.2 Å². The van der Waals surface area contributed by atoms with Crippen LogP contribution in [0.5, 0.6) is 0 Å². The second-order valence-corrected chi connectivity index (χ2v) is 11.5. The van der Waals surface area contributed by atoms with Crippen molar-refractivity contribution in [3.8, 4) is 0 Å². The first kappa shape index (κ1) is 27.2. The molecule has 0 heterocycles. The highest BCUT2D eigenvalue weighted by molar-refractivity contribution is 7.92. The number of sulfonamides is 1. The largest absolute Gasteiger partial charge is 0.352 e. The van der Waals surface area contributed by atoms with Gasteiger partial charge in [-0.1, -0.05) is 48.2 Å². The van der Waals surface area contributed by atoms with Gasteiger partial charge < -0.3 is 10.2 Å². The monoisotopic (exact) mass is 543 g/mol. The molecule has 7 nitrogen and oxygen atoms in total. The maximum Gasteiger partial charge on any atom is 0.244 e. The normalized spacial score (nSPS) is 15.0. The Labute approximate surface area is 215 Å². The fraction of sp³-hybridized carbons (Fsp3) is 0.417. The molecule has 11 heteroatoms. The van der Waals surface area contributed by atoms with Gasteiger partial charge in [-0.25, -0.2) is 12.8 Å². The zero-order valence-electron chi connectivity index (χ0n) is 19.5. The van der Waals surface area contributed by atoms with Gasteiger partial charge in [-0.3, -0.25) is 13.9 Å². The van der Waals surface area contributed by atoms with Gasteiger partial charge in [0.05, 0.1) is 11.9 Å². The van der Waals surface area contributed by atoms with E-state index in [0.29, 0.717) is 5.56 Å². The van der Waals surface area contributed by atoms with Crippen LogP contribution in [0, 0.1) is 5.82 Å². The lowest BCUT2D eigenvalue weighted by Gasteiger charge is -2.32. The molecule has 0 radical (unpaired) electrons. The van der Waals surface area contributed by atoms with Gasteiger partial charge in [0.2, 0.25) is 21.8 Å². The third kappa shape index (κ3) is 7.56. The van der Waals surface area contributed by atoms with Crippen molar-refractivity contribution in [1.82, 2.24) is 10.2 Å². The van der Waals surface area contributed by atoms with Crippen LogP contribution in [0.25, 0.3) is 0 Å². The first-order chi connectivity index (χ1) is 16.4. The van der Waals surface area contributed by atoms with E-state index in [1.807, 2.05) is 0 Å². The van der Waals surface area contributed by atoms with E-state index in [-0.39, 0.29) is 34.2 Å². The fourth-order valence-corrected chi connectivity index (χ4v) is 5.41. The van der Waals surface area contributed by atoms with Gasteiger partial charge in [0, 0.05) is 22.6 Å². The highest BCUT2D eigenvalue weighted by Crippen LogP contribution is 2.27. The van der Waals surface area contributed by atoms with Crippen molar-refractivity contribution in [3.63, 3.8) is 0 Å². The number of nitrogens with one attached hydrogen (secondary N) is 1. The summed E-state index contributed by atoms with van der Waals surface area (Å²) in [6.45, 7) is 1.01. The Balaban J connectivity index is 1.89. The van der Waals surface area contributed by atoms with Crippen LogP contribution in [-0.4, -0.2) is 50.0 Å². The quantitative estimate of drug-likeness (QED) is 0.508. The van der Waals surface area contributed by atoms with Gasteiger partial charge in [-0.15, -0.1) is 0 Å². The molecule has 1 N–H and O–H groups in total. The highest BCUT2D eigenvalue weighted by atomic mass is 35.5. The second kappa shape index (κ2) is 11.6. The first-order valence-corrected chi connectivity index (χ1v) is 13.8. The third-order valence-corrected chi connectivity index (χ3v) is 7.53. The van der Waals surface area contributed by atoms with Crippen molar-refractivity contribution < 1.29 is 22.4 Å². The van der Waals surface area contributed by atoms with Gasteiger partial charge >= 0.3 is 0 Å². The van der Waals surface area contributed by atoms with Gasteiger partial charge in [0.15, 0.2) is 0 Å². The molecule has 1 fully saturated rings. The number of benzene rings is 2. The Kier molecular flexibility index (Phi) is 9.01. The molecule has 0 aromatic heterocycles. The van der Waals surface area contributed by atoms with Crippen LogP contribution in [0.3, 0.4) is 0 Å². The summed E-state index contributed by atoms with van der Waals surface area (Å²) < 4.78 is 39.5. The van der Waals surface area contributed by atoms with Crippen LogP contribution in [0.4, 0.5) is 10.1 Å². The molecule has 1 aliphatic carbocycles. The molecule has 2 aromatic rings. The minimum absolute atomic E-state index is 0.00767. The maximum absolute atomic E-state index is 13.5. The molecule has 0 bridgehead atoms. The van der Waals surface area contributed by atoms with E-state index in [9.17, 15) is 22.4 Å². The van der Waals surface area contributed by atoms with Crippen molar-refractivity contribution in [2.24, 2.45) is 0 Å². The van der Waals surface area contributed by atoms with Gasteiger partial charge in [0.1, 0.15) is 18.4 Å². The topological polar surface area (TPSA) is 86.8 Å². The second-order valence-electron chi connectivity index (χ2n) is 8.71. The fourth-order valence-electron chi connectivity index (χ4n) is 4.06. The Morgan fingerprint density at radius 2 is 1.66 bits per heavy atom. The summed E-state index contributed by atoms with van der Waals surface area (Å²) in [7, 11) is -3.90. The van der Waals surface area contributed by atoms with E-state index < -0.39 is 34.3 Å². The first-order valence-electron chi connectivity index (χ1n) is 11.2. The highest BCUT2D eigenvalue weighted by Gasteiger charge is 2.31. The number of nitrogens with zero attached hydrogens (tertiary/aromatic N) is 2. The van der Waals surface area contributed by atoms with Crippen LogP contribution in [0.2, 0.25) is 10.0 Å². The Hall–Kier alpha value is -2.36. The van der Waals surface area contributed by atoms with E-state index in [0.717, 1.165) is 36.2 Å². The number of amides is 2. The van der Waals surface area contributed by atoms with E-state index in [2.05, 4.69) is 5.32 Å². The van der Waals surface area contributed by atoms with Crippen LogP contribution in [0.15, 0.2) is 42.5 Å². The van der Waals surface area contributed by atoms with Crippen LogP contribution >= 0.6 is 23.2 Å². The van der Waals surface area contributed by atoms with Gasteiger partial charge in [-0.2, -0.15) is 0 Å². The summed E-state index contributed by atoms with van der Waals surface area (Å²) in [5, 5.41) is 3.40. The summed E-state index contributed by atoms with van der Waals surface area (Å²) in [5.41, 5.74) is 0.722. The Morgan fingerprint density at radius 3 is 2.20 bits per heavy atom. The number of carbonyl (C=O) groups is 2. The third-order valence-electron chi connectivity index (χ3n) is 5.95. The van der Waals surface area contributed by atoms with Crippen LogP contribution in [0.1, 0.15) is 38.2 Å². The molecule has 2 aromatic carbocycles. The lowest BCUT2D eigenvalue weighted by Crippen LogP contribution is -2.52. The SMILES string of the molecule is C[C@@H](C(=O)NC1CCCC1)N(Cc1ccc(F)cc1)C(=O)CN(c1cc(Cl)cc(Cl)c1)S(C)(=O)=O. The van der Waals surface area contributed by atoms with E-state index in [1.165, 1.54) is 47.4 Å². The lowest BCUT2D eigenvalue weighted by molar-refractivity contribution is -0.139. The smallest absolute Gasteiger partial charge is 0.244 e. The molecule has 0 unspecified atom stereocenters. The van der Waals surface area contributed by atoms with E-state index >= 15 is 0 Å². The van der Waals surface area contributed by atoms with Crippen molar-refractivity contribution in [2.75, 3.05) is 17.1 Å². The van der Waals surface area contributed by atoms with Crippen molar-refractivity contribution in [2.45, 2.75) is 51.2 Å². The number of anilines is 1. The maximum atomic E-state index is 13.5. The number of carbonyl (C=O) groups excluding carboxylic acids is 2. The molecule has 0 aliphatic heterocycles. The number of rotatable bonds is 9. The zero-order chi connectivity index (χ0) is 25.8. The minimum atomic E-state index is -3.90. The molecular formula is C24H28Cl2FN3O4S. The summed E-state index contributed by atoms with van der Waals surface area (Å²) >= 11 is 12.1. The predicted octanol–water partition coefficient (Wildman–Crippen LogP) is 4.37.